The molecule has 0 saturated carbocycles. The topological polar surface area (TPSA) is 0 Å². The van der Waals surface area contributed by atoms with Crippen LogP contribution >= 0.6 is 0 Å². The first-order valence-electron chi connectivity index (χ1n) is 38.0. The van der Waals surface area contributed by atoms with E-state index < -0.39 is 0 Å². The van der Waals surface area contributed by atoms with Crippen molar-refractivity contribution in [3.63, 3.8) is 0 Å². The van der Waals surface area contributed by atoms with Crippen molar-refractivity contribution >= 4 is 0 Å². The van der Waals surface area contributed by atoms with E-state index in [0.29, 0.717) is 0 Å². The second-order valence-corrected chi connectivity index (χ2v) is 0. The summed E-state index contributed by atoms with van der Waals surface area (Å²) in [5.74, 6) is 0. The monoisotopic (exact) mass is 1140 g/mol. The van der Waals surface area contributed by atoms with Gasteiger partial charge in [0.25, 0.3) is 0 Å². The molecule has 0 N–H and O–H groups in total. The molecule has 0 heteroatoms. The molecule has 532 valence electrons. The molecule has 0 unspecified atom stereocenters. The Labute approximate surface area is 523 Å². The van der Waals surface area contributed by atoms with Crippen LogP contribution in [0.25, 0.3) is 0 Å². The summed E-state index contributed by atoms with van der Waals surface area (Å²) in [5, 5.41) is 0. The van der Waals surface area contributed by atoms with Gasteiger partial charge in [-0.2, -0.15) is 0 Å². The van der Waals surface area contributed by atoms with E-state index in [-0.39, 0.29) is 0 Å². The van der Waals surface area contributed by atoms with Crippen molar-refractivity contribution in [3.05, 3.63) is 0 Å². The lowest BCUT2D eigenvalue weighted by Crippen LogP contribution is -0.856. The van der Waals surface area contributed by atoms with E-state index in [1.54, 1.807) is 0 Å². The first-order valence-corrected chi connectivity index (χ1v) is 38.0. The van der Waals surface area contributed by atoms with Crippen molar-refractivity contribution in [3.8, 4) is 0 Å². The third-order valence-electron chi connectivity index (χ3n) is 0. The molecule has 0 nitrogen and oxygen atoms in total. The van der Waals surface area contributed by atoms with Gasteiger partial charge in [-0.05, 0) is 0 Å². The van der Waals surface area contributed by atoms with Gasteiger partial charge in [-0.1, -0.05) is 526 Å². The summed E-state index contributed by atoms with van der Waals surface area (Å²) in [4.78, 5) is 0. The van der Waals surface area contributed by atoms with Crippen LogP contribution in [-0.2, 0) is 0 Å². The van der Waals surface area contributed by atoms with E-state index in [4.69, 9.17) is 0 Å². The molecule has 0 fully saturated rings. The molecule has 0 rings (SSSR count). The predicted molar refractivity (Wildman–Crippen MR) is 431 cm³/mol. The molecule has 0 aliphatic heterocycles. The fraction of sp³-hybridized carbons (Fsp3) is 1.00. The molecular weight excluding hydrogens is 913 g/mol. The third kappa shape index (κ3) is 0. The minimum absolute atomic E-state index is 2.00. The molecule has 0 aliphatic rings. The summed E-state index contributed by atoms with van der Waals surface area (Å²) < 4.78 is 0. The van der Waals surface area contributed by atoms with Crippen LogP contribution in [0.5, 0.6) is 0 Å². The van der Waals surface area contributed by atoms with Crippen molar-refractivity contribution in [2.45, 2.75) is 526 Å². The van der Waals surface area contributed by atoms with Gasteiger partial charge in [0.15, 0.2) is 0 Å². The number of rotatable bonds is 0. The lowest BCUT2D eigenvalue weighted by molar-refractivity contribution is 1.50. The molecule has 0 atom stereocenters. The number of hydrogen-bond acceptors (Lipinski definition) is 0. The minimum atomic E-state index is 2.00. The molecule has 0 aromatic carbocycles. The van der Waals surface area contributed by atoms with Gasteiger partial charge < -0.3 is 0 Å². The molecule has 76 heavy (non-hydrogen) atoms. The minimum Gasteiger partial charge on any atom is -0.0683 e. The Morgan fingerprint density at radius 2 is 0.0263 bits per heavy atom. The Kier molecular flexibility index (Phi) is 0. The largest absolute Gasteiger partial charge is 0.0683 e. The molecule has 0 heterocycles. The number of hydrogen-bond donors (Lipinski definition) is 0. The average molecular weight is 1140 g/mol. The van der Waals surface area contributed by atoms with Gasteiger partial charge in [-0.3, -0.25) is 0 Å². The van der Waals surface area contributed by atoms with Crippen molar-refractivity contribution in [1.29, 1.82) is 0 Å². The van der Waals surface area contributed by atoms with Crippen molar-refractivity contribution in [2.75, 3.05) is 0 Å². The van der Waals surface area contributed by atoms with Gasteiger partial charge in [-0.15, -0.1) is 0 Å². The van der Waals surface area contributed by atoms with Crippen molar-refractivity contribution in [2.24, 2.45) is 0 Å². The van der Waals surface area contributed by atoms with Crippen molar-refractivity contribution < 1.29 is 0 Å². The lowest BCUT2D eigenvalue weighted by atomic mass is 11.0. The second-order valence-electron chi connectivity index (χ2n) is 0. The fourth-order valence-electron chi connectivity index (χ4n) is 0. The van der Waals surface area contributed by atoms with Crippen LogP contribution in [0.4, 0.5) is 0 Å². The highest BCUT2D eigenvalue weighted by atomic mass is 13.1. The molecule has 0 amide bonds. The smallest absolute Gasteiger partial charge is 0.0683 e. The van der Waals surface area contributed by atoms with Gasteiger partial charge in [0.1, 0.15) is 0 Å². The molecule has 0 aromatic heterocycles. The van der Waals surface area contributed by atoms with Crippen molar-refractivity contribution in [1.82, 2.24) is 0 Å². The third-order valence-corrected chi connectivity index (χ3v) is 0. The highest BCUT2D eigenvalue weighted by Gasteiger charge is 1.01. The van der Waals surface area contributed by atoms with E-state index in [9.17, 15) is 0 Å². The van der Waals surface area contributed by atoms with E-state index in [2.05, 4.69) is 0 Å². The molecular formula is C76H228. The first-order chi connectivity index (χ1) is 38.0. The van der Waals surface area contributed by atoms with Crippen LogP contribution < -0.4 is 0 Å². The summed E-state index contributed by atoms with van der Waals surface area (Å²) >= 11 is 0. The van der Waals surface area contributed by atoms with Crippen LogP contribution in [-0.4, -0.2) is 0 Å². The van der Waals surface area contributed by atoms with E-state index in [0.717, 1.165) is 0 Å². The van der Waals surface area contributed by atoms with Gasteiger partial charge in [-0.25, -0.2) is 0 Å². The first kappa shape index (κ1) is 296. The molecule has 0 spiro atoms. The van der Waals surface area contributed by atoms with Crippen LogP contribution in [0.1, 0.15) is 526 Å². The van der Waals surface area contributed by atoms with E-state index in [1.165, 1.54) is 0 Å². The van der Waals surface area contributed by atoms with Gasteiger partial charge in [0.05, 0.1) is 0 Å². The second kappa shape index (κ2) is 0. The maximum atomic E-state index is 2.00. The molecule has 0 bridgehead atoms. The van der Waals surface area contributed by atoms with Gasteiger partial charge in [0, 0.05) is 0 Å². The maximum absolute atomic E-state index is 2.00. The van der Waals surface area contributed by atoms with Gasteiger partial charge in [0.2, 0.25) is 0 Å². The zero-order valence-electron chi connectivity index (χ0n) is 76.0. The standard InChI is InChI=1S/38C2H6/c38*1-2/h38*1-2H3. The Balaban J connectivity index is -0.00000000542. The Hall–Kier alpha value is 0. The lowest BCUT2D eigenvalue weighted by Gasteiger charge is -1.07. The van der Waals surface area contributed by atoms with Crippen LogP contribution in [0.15, 0.2) is 0 Å². The zero-order valence-corrected chi connectivity index (χ0v) is 76.0. The molecule has 0 aromatic rings. The van der Waals surface area contributed by atoms with E-state index >= 15 is 0 Å². The zero-order chi connectivity index (χ0) is 76.0. The van der Waals surface area contributed by atoms with E-state index in [1.807, 2.05) is 526 Å². The highest BCUT2D eigenvalue weighted by Crippen LogP contribution is 1.22. The van der Waals surface area contributed by atoms with Gasteiger partial charge >= 0.3 is 0 Å². The summed E-state index contributed by atoms with van der Waals surface area (Å²) in [5.41, 5.74) is 0. The maximum Gasteiger partial charge on any atom is -0.0683 e. The fourth-order valence-corrected chi connectivity index (χ4v) is 0. The van der Waals surface area contributed by atoms with Crippen LogP contribution in [0.2, 0.25) is 0 Å². The Morgan fingerprint density at radius 1 is 0.0263 bits per heavy atom. The predicted octanol–water partition coefficient (Wildman–Crippen LogP) is 39.0. The summed E-state index contributed by atoms with van der Waals surface area (Å²) in [6.07, 6.45) is 0. The summed E-state index contributed by atoms with van der Waals surface area (Å²) in [6.45, 7) is 152. The van der Waals surface area contributed by atoms with Crippen LogP contribution in [0, 0.1) is 0 Å². The highest BCUT2D eigenvalue weighted by molar-refractivity contribution is 3.58. The normalized spacial score (nSPS) is 3.00. The Bertz CT molecular complexity index is 0. The SMILES string of the molecule is CC.CC.CC.CC.CC.CC.CC.CC.CC.CC.CC.CC.CC.CC.CC.CC.CC.CC.CC.CC.CC.CC.CC.CC.CC.CC.CC.CC.CC.CC.CC.CC.CC.CC.CC.CC.CC.CC. The molecule has 0 aliphatic carbocycles. The summed E-state index contributed by atoms with van der Waals surface area (Å²) in [6, 6.07) is 0. The quantitative estimate of drug-likeness (QED) is 0.227. The van der Waals surface area contributed by atoms with Crippen LogP contribution in [0.3, 0.4) is 0 Å². The molecule has 0 saturated heterocycles. The summed E-state index contributed by atoms with van der Waals surface area (Å²) in [7, 11) is 0. The molecule has 0 radical (unpaired) electrons. The average Bonchev–Trinajstić information content (AvgIpc) is 3.67. The Morgan fingerprint density at radius 3 is 0.0263 bits per heavy atom.